The maximum atomic E-state index is 13.4. The Morgan fingerprint density at radius 3 is 2.70 bits per heavy atom. The summed E-state index contributed by atoms with van der Waals surface area (Å²) in [5.41, 5.74) is 1.97. The van der Waals surface area contributed by atoms with E-state index in [1.54, 1.807) is 17.7 Å². The average molecular weight is 410 g/mol. The Morgan fingerprint density at radius 1 is 1.17 bits per heavy atom. The van der Waals surface area contributed by atoms with Crippen molar-refractivity contribution in [3.8, 4) is 0 Å². The van der Waals surface area contributed by atoms with Gasteiger partial charge in [-0.15, -0.1) is 0 Å². The second-order valence-electron chi connectivity index (χ2n) is 9.58. The number of carbonyl (C=O) groups excluding carboxylic acids is 1. The lowest BCUT2D eigenvalue weighted by Gasteiger charge is -2.46. The minimum absolute atomic E-state index is 0.125. The van der Waals surface area contributed by atoms with Gasteiger partial charge in [-0.1, -0.05) is 30.2 Å². The number of halogens is 1. The van der Waals surface area contributed by atoms with E-state index in [0.717, 1.165) is 38.2 Å². The monoisotopic (exact) mass is 409 g/mol. The normalized spacial score (nSPS) is 30.9. The Bertz CT molecular complexity index is 854. The number of allylic oxidation sites excluding steroid dienone is 4. The Kier molecular flexibility index (Phi) is 5.18. The molecule has 1 N–H and O–H groups in total. The summed E-state index contributed by atoms with van der Waals surface area (Å²) < 4.78 is 13.4. The second-order valence-corrected chi connectivity index (χ2v) is 9.58. The predicted molar refractivity (Wildman–Crippen MR) is 118 cm³/mol. The number of hydrogen-bond donors (Lipinski definition) is 1. The van der Waals surface area contributed by atoms with E-state index >= 15 is 0 Å². The number of likely N-dealkylation sites (tertiary alicyclic amines) is 1. The zero-order valence-electron chi connectivity index (χ0n) is 17.8. The molecule has 2 saturated heterocycles. The first kappa shape index (κ1) is 19.8. The van der Waals surface area contributed by atoms with Crippen molar-refractivity contribution in [1.29, 1.82) is 0 Å². The van der Waals surface area contributed by atoms with Crippen LogP contribution in [0.1, 0.15) is 39.0 Å². The third kappa shape index (κ3) is 3.37. The van der Waals surface area contributed by atoms with Gasteiger partial charge in [-0.3, -0.25) is 4.79 Å². The van der Waals surface area contributed by atoms with Crippen LogP contribution in [0, 0.1) is 23.6 Å². The maximum Gasteiger partial charge on any atom is 0.247 e. The summed E-state index contributed by atoms with van der Waals surface area (Å²) in [4.78, 5) is 17.6. The van der Waals surface area contributed by atoms with Gasteiger partial charge in [0, 0.05) is 25.3 Å². The number of nitrogens with one attached hydrogen (secondary N) is 1. The molecule has 1 amide bonds. The summed E-state index contributed by atoms with van der Waals surface area (Å²) in [5, 5.41) is 3.04. The SMILES string of the molecule is CC1=CC=CC2CCCC(CN3CCC4(CC3)C(=O)NCN4c3ccc(F)cc3)C12. The summed E-state index contributed by atoms with van der Waals surface area (Å²) >= 11 is 0. The minimum Gasteiger partial charge on any atom is -0.339 e. The van der Waals surface area contributed by atoms with Gasteiger partial charge in [0.05, 0.1) is 6.67 Å². The van der Waals surface area contributed by atoms with E-state index in [-0.39, 0.29) is 11.7 Å². The van der Waals surface area contributed by atoms with Gasteiger partial charge in [0.25, 0.3) is 0 Å². The van der Waals surface area contributed by atoms with Crippen LogP contribution in [-0.4, -0.2) is 42.6 Å². The van der Waals surface area contributed by atoms with Gasteiger partial charge in [-0.2, -0.15) is 0 Å². The molecule has 0 bridgehead atoms. The van der Waals surface area contributed by atoms with Crippen LogP contribution in [0.2, 0.25) is 0 Å². The molecule has 3 atom stereocenters. The summed E-state index contributed by atoms with van der Waals surface area (Å²) in [6.45, 7) is 5.82. The number of anilines is 1. The summed E-state index contributed by atoms with van der Waals surface area (Å²) in [7, 11) is 0. The van der Waals surface area contributed by atoms with Crippen molar-refractivity contribution >= 4 is 11.6 Å². The van der Waals surface area contributed by atoms with Crippen molar-refractivity contribution in [3.05, 3.63) is 53.9 Å². The van der Waals surface area contributed by atoms with Gasteiger partial charge in [-0.25, -0.2) is 4.39 Å². The van der Waals surface area contributed by atoms with Crippen molar-refractivity contribution in [3.63, 3.8) is 0 Å². The molecule has 1 saturated carbocycles. The van der Waals surface area contributed by atoms with E-state index in [0.29, 0.717) is 24.4 Å². The molecule has 1 spiro atoms. The molecule has 1 aromatic rings. The molecule has 1 aromatic carbocycles. The molecule has 2 heterocycles. The molecule has 4 nitrogen and oxygen atoms in total. The number of rotatable bonds is 3. The number of fused-ring (bicyclic) bond motifs is 1. The topological polar surface area (TPSA) is 35.6 Å². The largest absolute Gasteiger partial charge is 0.339 e. The molecule has 0 radical (unpaired) electrons. The molecule has 5 heteroatoms. The lowest BCUT2D eigenvalue weighted by Crippen LogP contribution is -2.57. The highest BCUT2D eigenvalue weighted by Gasteiger charge is 2.50. The number of carbonyl (C=O) groups is 1. The molecule has 0 aromatic heterocycles. The third-order valence-electron chi connectivity index (χ3n) is 7.98. The smallest absolute Gasteiger partial charge is 0.247 e. The molecular formula is C25H32FN3O. The van der Waals surface area contributed by atoms with Crippen LogP contribution in [0.5, 0.6) is 0 Å². The third-order valence-corrected chi connectivity index (χ3v) is 7.98. The van der Waals surface area contributed by atoms with Crippen LogP contribution in [0.25, 0.3) is 0 Å². The van der Waals surface area contributed by atoms with Crippen LogP contribution >= 0.6 is 0 Å². The van der Waals surface area contributed by atoms with Gasteiger partial charge in [0.15, 0.2) is 0 Å². The molecule has 5 rings (SSSR count). The van der Waals surface area contributed by atoms with Crippen molar-refractivity contribution in [2.75, 3.05) is 31.2 Å². The molecule has 160 valence electrons. The number of piperidine rings is 1. The zero-order chi connectivity index (χ0) is 20.7. The molecule has 2 aliphatic carbocycles. The van der Waals surface area contributed by atoms with Gasteiger partial charge in [0.2, 0.25) is 5.91 Å². The first-order chi connectivity index (χ1) is 14.6. The molecule has 4 aliphatic rings. The Labute approximate surface area is 178 Å². The van der Waals surface area contributed by atoms with Crippen molar-refractivity contribution < 1.29 is 9.18 Å². The minimum atomic E-state index is -0.493. The zero-order valence-corrected chi connectivity index (χ0v) is 17.8. The quantitative estimate of drug-likeness (QED) is 0.816. The predicted octanol–water partition coefficient (Wildman–Crippen LogP) is 4.10. The Balaban J connectivity index is 1.27. The average Bonchev–Trinajstić information content (AvgIpc) is 3.06. The molecule has 3 fully saturated rings. The van der Waals surface area contributed by atoms with Crippen LogP contribution < -0.4 is 10.2 Å². The van der Waals surface area contributed by atoms with Crippen LogP contribution in [0.15, 0.2) is 48.1 Å². The lowest BCUT2D eigenvalue weighted by molar-refractivity contribution is -0.125. The summed E-state index contributed by atoms with van der Waals surface area (Å²) in [6.07, 6.45) is 12.6. The summed E-state index contributed by atoms with van der Waals surface area (Å²) in [5.74, 6) is 1.99. The van der Waals surface area contributed by atoms with Gasteiger partial charge < -0.3 is 15.1 Å². The maximum absolute atomic E-state index is 13.4. The fourth-order valence-electron chi connectivity index (χ4n) is 6.40. The summed E-state index contributed by atoms with van der Waals surface area (Å²) in [6, 6.07) is 6.54. The molecule has 30 heavy (non-hydrogen) atoms. The van der Waals surface area contributed by atoms with E-state index < -0.39 is 5.54 Å². The van der Waals surface area contributed by atoms with E-state index in [9.17, 15) is 9.18 Å². The second kappa shape index (κ2) is 7.84. The first-order valence-corrected chi connectivity index (χ1v) is 11.5. The van der Waals surface area contributed by atoms with Crippen LogP contribution in [-0.2, 0) is 4.79 Å². The van der Waals surface area contributed by atoms with Gasteiger partial charge in [0.1, 0.15) is 11.4 Å². The van der Waals surface area contributed by atoms with Crippen molar-refractivity contribution in [2.24, 2.45) is 17.8 Å². The fraction of sp³-hybridized carbons (Fsp3) is 0.560. The Morgan fingerprint density at radius 2 is 1.93 bits per heavy atom. The molecule has 3 unspecified atom stereocenters. The van der Waals surface area contributed by atoms with Crippen LogP contribution in [0.3, 0.4) is 0 Å². The van der Waals surface area contributed by atoms with Gasteiger partial charge >= 0.3 is 0 Å². The molecule has 2 aliphatic heterocycles. The standard InChI is InChI=1S/C25H32FN3O/c1-18-4-2-5-19-6-3-7-20(23(18)19)16-28-14-12-25(13-15-28)24(30)27-17-29(25)22-10-8-21(26)9-11-22/h2,4-5,8-11,19-20,23H,3,6-7,12-17H2,1H3,(H,27,30). The molecular weight excluding hydrogens is 377 g/mol. The van der Waals surface area contributed by atoms with E-state index in [1.807, 2.05) is 0 Å². The number of nitrogens with zero attached hydrogens (tertiary/aromatic N) is 2. The van der Waals surface area contributed by atoms with E-state index in [4.69, 9.17) is 0 Å². The van der Waals surface area contributed by atoms with Gasteiger partial charge in [-0.05, 0) is 74.6 Å². The highest BCUT2D eigenvalue weighted by atomic mass is 19.1. The van der Waals surface area contributed by atoms with Crippen molar-refractivity contribution in [2.45, 2.75) is 44.6 Å². The fourth-order valence-corrected chi connectivity index (χ4v) is 6.40. The number of amides is 1. The van der Waals surface area contributed by atoms with Crippen LogP contribution in [0.4, 0.5) is 10.1 Å². The first-order valence-electron chi connectivity index (χ1n) is 11.5. The van der Waals surface area contributed by atoms with Crippen molar-refractivity contribution in [1.82, 2.24) is 10.2 Å². The lowest BCUT2D eigenvalue weighted by atomic mass is 9.67. The highest BCUT2D eigenvalue weighted by Crippen LogP contribution is 2.43. The van der Waals surface area contributed by atoms with E-state index in [1.165, 1.54) is 31.4 Å². The Hall–Kier alpha value is -2.14. The highest BCUT2D eigenvalue weighted by molar-refractivity contribution is 5.93. The number of benzene rings is 1. The van der Waals surface area contributed by atoms with E-state index in [2.05, 4.69) is 40.3 Å². The number of hydrogen-bond acceptors (Lipinski definition) is 3.